The lowest BCUT2D eigenvalue weighted by Crippen LogP contribution is -2.48. The SMILES string of the molecule is COC(=O)C1(C(=O)OC)Cn2c(=O)n(-c3ccccc3)c(=O)n2C1c1ccc(Cl)cc1. The predicted octanol–water partition coefficient (Wildman–Crippen LogP) is 1.39. The van der Waals surface area contributed by atoms with Crippen molar-refractivity contribution in [1.82, 2.24) is 13.9 Å². The summed E-state index contributed by atoms with van der Waals surface area (Å²) < 4.78 is 13.0. The first-order chi connectivity index (χ1) is 14.9. The zero-order chi connectivity index (χ0) is 22.3. The Morgan fingerprint density at radius 3 is 2.06 bits per heavy atom. The topological polar surface area (TPSA) is 102 Å². The first kappa shape index (κ1) is 20.7. The third kappa shape index (κ3) is 2.92. The molecule has 3 aromatic rings. The van der Waals surface area contributed by atoms with Gasteiger partial charge >= 0.3 is 23.3 Å². The van der Waals surface area contributed by atoms with Gasteiger partial charge < -0.3 is 9.47 Å². The predicted molar refractivity (Wildman–Crippen MR) is 110 cm³/mol. The lowest BCUT2D eigenvalue weighted by atomic mass is 9.77. The molecule has 0 aliphatic carbocycles. The van der Waals surface area contributed by atoms with Gasteiger partial charge in [-0.25, -0.2) is 23.5 Å². The molecule has 0 radical (unpaired) electrons. The Kier molecular flexibility index (Phi) is 5.06. The van der Waals surface area contributed by atoms with Crippen molar-refractivity contribution in [3.05, 3.63) is 86.2 Å². The van der Waals surface area contributed by atoms with Crippen molar-refractivity contribution in [1.29, 1.82) is 0 Å². The number of benzene rings is 2. The average molecular weight is 444 g/mol. The largest absolute Gasteiger partial charge is 0.468 e. The molecule has 0 fully saturated rings. The summed E-state index contributed by atoms with van der Waals surface area (Å²) in [6.07, 6.45) is 0. The van der Waals surface area contributed by atoms with Gasteiger partial charge in [-0.2, -0.15) is 0 Å². The normalized spacial score (nSPS) is 16.5. The van der Waals surface area contributed by atoms with Crippen LogP contribution in [-0.2, 0) is 25.6 Å². The van der Waals surface area contributed by atoms with Crippen LogP contribution in [0.15, 0.2) is 64.2 Å². The number of para-hydroxylation sites is 1. The van der Waals surface area contributed by atoms with Gasteiger partial charge in [-0.3, -0.25) is 9.59 Å². The maximum atomic E-state index is 13.4. The van der Waals surface area contributed by atoms with E-state index in [9.17, 15) is 19.2 Å². The summed E-state index contributed by atoms with van der Waals surface area (Å²) >= 11 is 6.00. The van der Waals surface area contributed by atoms with Gasteiger partial charge in [-0.15, -0.1) is 0 Å². The first-order valence-electron chi connectivity index (χ1n) is 9.29. The number of methoxy groups -OCH3 is 2. The molecule has 0 saturated heterocycles. The van der Waals surface area contributed by atoms with E-state index < -0.39 is 41.3 Å². The van der Waals surface area contributed by atoms with Crippen molar-refractivity contribution in [3.63, 3.8) is 0 Å². The molecule has 10 heteroatoms. The number of carbonyl (C=O) groups is 2. The molecule has 160 valence electrons. The van der Waals surface area contributed by atoms with E-state index in [0.29, 0.717) is 16.3 Å². The standard InChI is InChI=1S/C21H18ClN3O6/c1-30-17(26)21(18(27)31-2)12-23-19(28)24(15-6-4-3-5-7-15)20(29)25(23)16(21)13-8-10-14(22)11-9-13/h3-11,16H,12H2,1-2H3. The Labute approximate surface area is 181 Å². The summed E-state index contributed by atoms with van der Waals surface area (Å²) in [5.41, 5.74) is -2.58. The fourth-order valence-electron chi connectivity index (χ4n) is 4.09. The highest BCUT2D eigenvalue weighted by atomic mass is 35.5. The molecule has 1 unspecified atom stereocenters. The number of rotatable bonds is 4. The van der Waals surface area contributed by atoms with E-state index in [1.54, 1.807) is 54.6 Å². The van der Waals surface area contributed by atoms with Crippen molar-refractivity contribution in [2.24, 2.45) is 5.41 Å². The van der Waals surface area contributed by atoms with Crippen molar-refractivity contribution in [2.45, 2.75) is 12.6 Å². The van der Waals surface area contributed by atoms with Gasteiger partial charge in [0.1, 0.15) is 6.04 Å². The number of esters is 2. The number of halogens is 1. The summed E-state index contributed by atoms with van der Waals surface area (Å²) in [7, 11) is 2.26. The molecule has 0 saturated carbocycles. The van der Waals surface area contributed by atoms with Crippen LogP contribution in [0.25, 0.3) is 5.69 Å². The van der Waals surface area contributed by atoms with Crippen LogP contribution in [-0.4, -0.2) is 40.1 Å². The Balaban J connectivity index is 2.05. The van der Waals surface area contributed by atoms with E-state index >= 15 is 0 Å². The smallest absolute Gasteiger partial charge is 0.352 e. The third-order valence-corrected chi connectivity index (χ3v) is 5.72. The highest BCUT2D eigenvalue weighted by Crippen LogP contribution is 2.44. The fourth-order valence-corrected chi connectivity index (χ4v) is 4.21. The minimum Gasteiger partial charge on any atom is -0.468 e. The van der Waals surface area contributed by atoms with E-state index in [2.05, 4.69) is 0 Å². The van der Waals surface area contributed by atoms with Crippen LogP contribution in [0.3, 0.4) is 0 Å². The average Bonchev–Trinajstić information content (AvgIpc) is 3.27. The van der Waals surface area contributed by atoms with E-state index in [1.807, 2.05) is 0 Å². The lowest BCUT2D eigenvalue weighted by molar-refractivity contribution is -0.171. The van der Waals surface area contributed by atoms with E-state index in [-0.39, 0.29) is 0 Å². The Bertz CT molecular complexity index is 1260. The molecule has 1 aliphatic heterocycles. The number of carbonyl (C=O) groups excluding carboxylic acids is 2. The number of aromatic nitrogens is 3. The van der Waals surface area contributed by atoms with Gasteiger partial charge in [0, 0.05) is 5.02 Å². The highest BCUT2D eigenvalue weighted by Gasteiger charge is 2.62. The highest BCUT2D eigenvalue weighted by molar-refractivity contribution is 6.30. The Morgan fingerprint density at radius 2 is 1.52 bits per heavy atom. The summed E-state index contributed by atoms with van der Waals surface area (Å²) in [5, 5.41) is 0.426. The van der Waals surface area contributed by atoms with E-state index in [0.717, 1.165) is 28.2 Å². The fraction of sp³-hybridized carbons (Fsp3) is 0.238. The number of hydrogen-bond donors (Lipinski definition) is 0. The Hall–Kier alpha value is -3.59. The van der Waals surface area contributed by atoms with Crippen LogP contribution in [0, 0.1) is 5.41 Å². The zero-order valence-electron chi connectivity index (χ0n) is 16.6. The molecule has 2 heterocycles. The Morgan fingerprint density at radius 1 is 0.935 bits per heavy atom. The molecule has 2 aromatic carbocycles. The molecule has 0 bridgehead atoms. The van der Waals surface area contributed by atoms with Crippen molar-refractivity contribution < 1.29 is 19.1 Å². The molecule has 9 nitrogen and oxygen atoms in total. The van der Waals surface area contributed by atoms with Crippen LogP contribution in [0.2, 0.25) is 5.02 Å². The second-order valence-electron chi connectivity index (χ2n) is 7.05. The van der Waals surface area contributed by atoms with Crippen LogP contribution < -0.4 is 11.4 Å². The number of fused-ring (bicyclic) bond motifs is 1. The summed E-state index contributed by atoms with van der Waals surface area (Å²) in [6, 6.07) is 13.5. The second kappa shape index (κ2) is 7.59. The van der Waals surface area contributed by atoms with E-state index in [1.165, 1.54) is 0 Å². The number of ether oxygens (including phenoxy) is 2. The van der Waals surface area contributed by atoms with Gasteiger partial charge in [0.2, 0.25) is 5.41 Å². The van der Waals surface area contributed by atoms with E-state index in [4.69, 9.17) is 21.1 Å². The van der Waals surface area contributed by atoms with Gasteiger partial charge in [-0.05, 0) is 29.8 Å². The molecule has 4 rings (SSSR count). The van der Waals surface area contributed by atoms with Gasteiger partial charge in [0.05, 0.1) is 26.5 Å². The zero-order valence-corrected chi connectivity index (χ0v) is 17.4. The monoisotopic (exact) mass is 443 g/mol. The maximum Gasteiger partial charge on any atom is 0.352 e. The molecule has 1 aromatic heterocycles. The summed E-state index contributed by atoms with van der Waals surface area (Å²) in [4.78, 5) is 52.5. The quantitative estimate of drug-likeness (QED) is 0.446. The molecule has 1 aliphatic rings. The molecule has 1 atom stereocenters. The minimum atomic E-state index is -1.97. The van der Waals surface area contributed by atoms with Crippen LogP contribution in [0.1, 0.15) is 11.6 Å². The summed E-state index contributed by atoms with van der Waals surface area (Å²) in [6.45, 7) is -0.423. The molecular formula is C21H18ClN3O6. The van der Waals surface area contributed by atoms with Gasteiger partial charge in [0.15, 0.2) is 0 Å². The molecule has 31 heavy (non-hydrogen) atoms. The maximum absolute atomic E-state index is 13.4. The van der Waals surface area contributed by atoms with Crippen molar-refractivity contribution >= 4 is 23.5 Å². The first-order valence-corrected chi connectivity index (χ1v) is 9.66. The minimum absolute atomic E-state index is 0.364. The molecule has 0 N–H and O–H groups in total. The molecule has 0 spiro atoms. The number of nitrogens with zero attached hydrogens (tertiary/aromatic N) is 3. The molecular weight excluding hydrogens is 426 g/mol. The summed E-state index contributed by atoms with van der Waals surface area (Å²) in [5.74, 6) is -1.83. The van der Waals surface area contributed by atoms with Crippen LogP contribution in [0.4, 0.5) is 0 Å². The second-order valence-corrected chi connectivity index (χ2v) is 7.48. The van der Waals surface area contributed by atoms with Gasteiger partial charge in [-0.1, -0.05) is 41.9 Å². The van der Waals surface area contributed by atoms with Crippen LogP contribution >= 0.6 is 11.6 Å². The number of hydrogen-bond acceptors (Lipinski definition) is 6. The van der Waals surface area contributed by atoms with Crippen LogP contribution in [0.5, 0.6) is 0 Å². The third-order valence-electron chi connectivity index (χ3n) is 5.47. The lowest BCUT2D eigenvalue weighted by Gasteiger charge is -2.29. The van der Waals surface area contributed by atoms with Crippen molar-refractivity contribution in [3.8, 4) is 5.69 Å². The van der Waals surface area contributed by atoms with Gasteiger partial charge in [0.25, 0.3) is 0 Å². The molecule has 0 amide bonds. The van der Waals surface area contributed by atoms with Crippen molar-refractivity contribution in [2.75, 3.05) is 14.2 Å².